The van der Waals surface area contributed by atoms with Crippen LogP contribution in [0.3, 0.4) is 0 Å². The summed E-state index contributed by atoms with van der Waals surface area (Å²) >= 11 is 0. The van der Waals surface area contributed by atoms with E-state index in [9.17, 15) is 0 Å². The molecule has 0 aliphatic heterocycles. The van der Waals surface area contributed by atoms with Crippen molar-refractivity contribution in [3.05, 3.63) is 12.7 Å². The van der Waals surface area contributed by atoms with Gasteiger partial charge in [0.25, 0.3) is 0 Å². The molecule has 0 saturated carbocycles. The monoisotopic (exact) mass is 344 g/mol. The van der Waals surface area contributed by atoms with E-state index in [0.717, 1.165) is 12.5 Å². The normalized spacial score (nSPS) is 11.8. The molecule has 0 heterocycles. The van der Waals surface area contributed by atoms with Gasteiger partial charge in [-0.05, 0) is 6.42 Å². The van der Waals surface area contributed by atoms with Crippen LogP contribution >= 0.6 is 0 Å². The molecule has 0 spiro atoms. The van der Waals surface area contributed by atoms with Crippen molar-refractivity contribution in [2.24, 2.45) is 0 Å². The first-order chi connectivity index (χ1) is 11.2. The summed E-state index contributed by atoms with van der Waals surface area (Å²) in [7, 11) is 0.955. The summed E-state index contributed by atoms with van der Waals surface area (Å²) in [4.78, 5) is 0. The molecule has 3 nitrogen and oxygen atoms in total. The maximum Gasteiger partial charge on any atom is 0.500 e. The molecule has 0 N–H and O–H groups in total. The molecule has 0 radical (unpaired) electrons. The minimum atomic E-state index is -2.43. The van der Waals surface area contributed by atoms with E-state index in [0.29, 0.717) is 6.61 Å². The predicted octanol–water partition coefficient (Wildman–Crippen LogP) is 6.12. The van der Waals surface area contributed by atoms with Gasteiger partial charge in [0.1, 0.15) is 0 Å². The highest BCUT2D eigenvalue weighted by atomic mass is 28.4. The van der Waals surface area contributed by atoms with Crippen molar-refractivity contribution in [1.82, 2.24) is 0 Å². The molecule has 0 bridgehead atoms. The smallest absolute Gasteiger partial charge is 0.377 e. The lowest BCUT2D eigenvalue weighted by Crippen LogP contribution is -2.43. The van der Waals surface area contributed by atoms with Gasteiger partial charge in [-0.25, -0.2) is 0 Å². The first-order valence-electron chi connectivity index (χ1n) is 9.59. The molecule has 4 heteroatoms. The van der Waals surface area contributed by atoms with Crippen LogP contribution in [0, 0.1) is 0 Å². The lowest BCUT2D eigenvalue weighted by Gasteiger charge is -2.25. The van der Waals surface area contributed by atoms with E-state index in [1.54, 1.807) is 20.3 Å². The van der Waals surface area contributed by atoms with Gasteiger partial charge in [0.15, 0.2) is 0 Å². The molecular formula is C19H40O3Si. The second-order valence-corrected chi connectivity index (χ2v) is 9.30. The standard InChI is InChI=1S/C19H40O3Si/c1-5-7-8-9-10-11-12-13-14-15-16-17-19-23(20-3,21-4)22-18-6-2/h6H,2,5,7-19H2,1,3-4H3. The van der Waals surface area contributed by atoms with Gasteiger partial charge in [0, 0.05) is 20.3 Å². The Kier molecular flexibility index (Phi) is 16.6. The van der Waals surface area contributed by atoms with Crippen LogP contribution in [0.1, 0.15) is 84.0 Å². The van der Waals surface area contributed by atoms with Gasteiger partial charge in [-0.15, -0.1) is 6.58 Å². The third-order valence-electron chi connectivity index (χ3n) is 4.38. The Hall–Kier alpha value is -0.163. The van der Waals surface area contributed by atoms with Crippen LogP contribution in [0.2, 0.25) is 6.04 Å². The number of unbranched alkanes of at least 4 members (excludes halogenated alkanes) is 11. The van der Waals surface area contributed by atoms with Crippen molar-refractivity contribution in [2.75, 3.05) is 20.8 Å². The highest BCUT2D eigenvalue weighted by Crippen LogP contribution is 2.19. The summed E-state index contributed by atoms with van der Waals surface area (Å²) in [6.07, 6.45) is 18.0. The van der Waals surface area contributed by atoms with Crippen LogP contribution in [-0.2, 0) is 13.3 Å². The van der Waals surface area contributed by atoms with Crippen LogP contribution in [0.15, 0.2) is 12.7 Å². The number of rotatable bonds is 18. The average molecular weight is 345 g/mol. The molecule has 0 saturated heterocycles. The minimum absolute atomic E-state index is 0.506. The van der Waals surface area contributed by atoms with Gasteiger partial charge in [-0.1, -0.05) is 83.6 Å². The van der Waals surface area contributed by atoms with Crippen molar-refractivity contribution >= 4 is 8.80 Å². The molecule has 0 aromatic heterocycles. The molecule has 0 atom stereocenters. The largest absolute Gasteiger partial charge is 0.500 e. The third-order valence-corrected chi connectivity index (χ3v) is 7.20. The zero-order chi connectivity index (χ0) is 17.2. The molecule has 0 aromatic rings. The molecular weight excluding hydrogens is 304 g/mol. The van der Waals surface area contributed by atoms with Crippen molar-refractivity contribution < 1.29 is 13.3 Å². The summed E-state index contributed by atoms with van der Waals surface area (Å²) < 4.78 is 16.8. The Morgan fingerprint density at radius 1 is 0.739 bits per heavy atom. The van der Waals surface area contributed by atoms with E-state index in [-0.39, 0.29) is 0 Å². The fourth-order valence-corrected chi connectivity index (χ4v) is 4.86. The maximum atomic E-state index is 5.75. The highest BCUT2D eigenvalue weighted by Gasteiger charge is 2.37. The lowest BCUT2D eigenvalue weighted by molar-refractivity contribution is 0.109. The lowest BCUT2D eigenvalue weighted by atomic mass is 10.1. The van der Waals surface area contributed by atoms with Crippen LogP contribution in [0.5, 0.6) is 0 Å². The van der Waals surface area contributed by atoms with E-state index in [1.807, 2.05) is 0 Å². The molecule has 138 valence electrons. The SMILES string of the molecule is C=CCO[Si](CCCCCCCCCCCCCC)(OC)OC. The van der Waals surface area contributed by atoms with Crippen LogP contribution in [-0.4, -0.2) is 29.6 Å². The molecule has 0 aliphatic carbocycles. The topological polar surface area (TPSA) is 27.7 Å². The van der Waals surface area contributed by atoms with Gasteiger partial charge in [0.05, 0.1) is 6.61 Å². The second kappa shape index (κ2) is 16.7. The van der Waals surface area contributed by atoms with Crippen molar-refractivity contribution in [2.45, 2.75) is 90.0 Å². The highest BCUT2D eigenvalue weighted by molar-refractivity contribution is 6.60. The zero-order valence-electron chi connectivity index (χ0n) is 15.9. The summed E-state index contributed by atoms with van der Waals surface area (Å²) in [5.74, 6) is 0. The zero-order valence-corrected chi connectivity index (χ0v) is 16.9. The van der Waals surface area contributed by atoms with Gasteiger partial charge < -0.3 is 13.3 Å². The molecule has 0 aliphatic rings. The van der Waals surface area contributed by atoms with Crippen LogP contribution < -0.4 is 0 Å². The van der Waals surface area contributed by atoms with E-state index in [2.05, 4.69) is 13.5 Å². The summed E-state index contributed by atoms with van der Waals surface area (Å²) in [6, 6.07) is 0.908. The fraction of sp³-hybridized carbons (Fsp3) is 0.895. The first-order valence-corrected chi connectivity index (χ1v) is 11.5. The molecule has 0 amide bonds. The van der Waals surface area contributed by atoms with E-state index in [1.165, 1.54) is 70.6 Å². The molecule has 23 heavy (non-hydrogen) atoms. The Balaban J connectivity index is 3.47. The number of hydrogen-bond acceptors (Lipinski definition) is 3. The van der Waals surface area contributed by atoms with E-state index in [4.69, 9.17) is 13.3 Å². The third kappa shape index (κ3) is 12.9. The Bertz CT molecular complexity index is 255. The van der Waals surface area contributed by atoms with Gasteiger partial charge in [-0.3, -0.25) is 0 Å². The summed E-state index contributed by atoms with van der Waals surface area (Å²) in [6.45, 7) is 6.47. The minimum Gasteiger partial charge on any atom is -0.377 e. The van der Waals surface area contributed by atoms with Gasteiger partial charge >= 0.3 is 8.80 Å². The van der Waals surface area contributed by atoms with E-state index >= 15 is 0 Å². The van der Waals surface area contributed by atoms with Crippen LogP contribution in [0.4, 0.5) is 0 Å². The summed E-state index contributed by atoms with van der Waals surface area (Å²) in [5.41, 5.74) is 0. The Morgan fingerprint density at radius 2 is 1.17 bits per heavy atom. The van der Waals surface area contributed by atoms with Crippen molar-refractivity contribution in [3.63, 3.8) is 0 Å². The van der Waals surface area contributed by atoms with Gasteiger partial charge in [0.2, 0.25) is 0 Å². The van der Waals surface area contributed by atoms with Crippen molar-refractivity contribution in [3.8, 4) is 0 Å². The molecule has 0 unspecified atom stereocenters. The predicted molar refractivity (Wildman–Crippen MR) is 102 cm³/mol. The molecule has 0 aromatic carbocycles. The fourth-order valence-electron chi connectivity index (χ4n) is 2.85. The Labute approximate surface area is 146 Å². The van der Waals surface area contributed by atoms with E-state index < -0.39 is 8.80 Å². The summed E-state index contributed by atoms with van der Waals surface area (Å²) in [5, 5.41) is 0. The van der Waals surface area contributed by atoms with Crippen LogP contribution in [0.25, 0.3) is 0 Å². The number of hydrogen-bond donors (Lipinski definition) is 0. The quantitative estimate of drug-likeness (QED) is 0.170. The van der Waals surface area contributed by atoms with Crippen molar-refractivity contribution in [1.29, 1.82) is 0 Å². The first kappa shape index (κ1) is 22.8. The molecule has 0 fully saturated rings. The Morgan fingerprint density at radius 3 is 1.57 bits per heavy atom. The maximum absolute atomic E-state index is 5.75. The average Bonchev–Trinajstić information content (AvgIpc) is 2.59. The molecule has 0 rings (SSSR count). The second-order valence-electron chi connectivity index (χ2n) is 6.33. The van der Waals surface area contributed by atoms with Gasteiger partial charge in [-0.2, -0.15) is 0 Å².